The van der Waals surface area contributed by atoms with Crippen molar-refractivity contribution in [3.8, 4) is 11.5 Å². The molecule has 42 heavy (non-hydrogen) atoms. The van der Waals surface area contributed by atoms with E-state index >= 15 is 0 Å². The second kappa shape index (κ2) is 14.7. The Morgan fingerprint density at radius 1 is 0.905 bits per heavy atom. The normalized spacial score (nSPS) is 12.0. The summed E-state index contributed by atoms with van der Waals surface area (Å²) in [5.74, 6) is -0.141. The minimum atomic E-state index is -4.24. The largest absolute Gasteiger partial charge is 0.493 e. The molecule has 0 aliphatic heterocycles. The zero-order valence-electron chi connectivity index (χ0n) is 25.2. The lowest BCUT2D eigenvalue weighted by Gasteiger charge is -2.33. The summed E-state index contributed by atoms with van der Waals surface area (Å²) < 4.78 is 39.9. The highest BCUT2D eigenvalue weighted by molar-refractivity contribution is 7.92. The summed E-state index contributed by atoms with van der Waals surface area (Å²) in [5.41, 5.74) is 2.27. The van der Waals surface area contributed by atoms with Crippen LogP contribution in [-0.4, -0.2) is 64.5 Å². The molecule has 0 saturated carbocycles. The maximum atomic E-state index is 14.1. The fraction of sp³-hybridized carbons (Fsp3) is 0.375. The van der Waals surface area contributed by atoms with Gasteiger partial charge in [-0.05, 0) is 63.4 Å². The highest BCUT2D eigenvalue weighted by Gasteiger charge is 2.34. The molecule has 2 amide bonds. The lowest BCUT2D eigenvalue weighted by molar-refractivity contribution is -0.139. The van der Waals surface area contributed by atoms with Gasteiger partial charge < -0.3 is 19.7 Å². The predicted octanol–water partition coefficient (Wildman–Crippen LogP) is 4.58. The number of sulfonamides is 1. The molecule has 1 unspecified atom stereocenters. The van der Waals surface area contributed by atoms with Crippen LogP contribution >= 0.6 is 0 Å². The summed E-state index contributed by atoms with van der Waals surface area (Å²) in [6.07, 6.45) is 0.872. The third kappa shape index (κ3) is 8.03. The lowest BCUT2D eigenvalue weighted by atomic mass is 10.1. The van der Waals surface area contributed by atoms with Gasteiger partial charge in [0.25, 0.3) is 10.0 Å². The molecule has 0 radical (unpaired) electrons. The van der Waals surface area contributed by atoms with E-state index in [4.69, 9.17) is 9.47 Å². The zero-order valence-corrected chi connectivity index (χ0v) is 26.0. The van der Waals surface area contributed by atoms with E-state index in [1.165, 1.54) is 37.3 Å². The molecule has 3 rings (SSSR count). The minimum Gasteiger partial charge on any atom is -0.493 e. The molecule has 3 aromatic carbocycles. The molecule has 3 aromatic rings. The number of carbonyl (C=O) groups is 2. The van der Waals surface area contributed by atoms with Crippen LogP contribution in [0.25, 0.3) is 0 Å². The first kappa shape index (κ1) is 32.5. The number of amides is 2. The second-order valence-electron chi connectivity index (χ2n) is 10.3. The topological polar surface area (TPSA) is 105 Å². The molecule has 0 spiro atoms. The van der Waals surface area contributed by atoms with Crippen LogP contribution in [0.4, 0.5) is 5.69 Å². The average molecular weight is 596 g/mol. The average Bonchev–Trinajstić information content (AvgIpc) is 2.98. The van der Waals surface area contributed by atoms with E-state index in [-0.39, 0.29) is 29.1 Å². The second-order valence-corrected chi connectivity index (χ2v) is 12.1. The number of nitrogens with zero attached hydrogens (tertiary/aromatic N) is 2. The molecule has 0 fully saturated rings. The van der Waals surface area contributed by atoms with Crippen LogP contribution in [-0.2, 0) is 26.0 Å². The minimum absolute atomic E-state index is 0.0612. The molecule has 0 aromatic heterocycles. The van der Waals surface area contributed by atoms with E-state index in [2.05, 4.69) is 5.32 Å². The van der Waals surface area contributed by atoms with Crippen LogP contribution < -0.4 is 19.1 Å². The van der Waals surface area contributed by atoms with E-state index in [0.29, 0.717) is 24.3 Å². The summed E-state index contributed by atoms with van der Waals surface area (Å²) in [6, 6.07) is 20.0. The maximum absolute atomic E-state index is 14.1. The molecule has 1 atom stereocenters. The van der Waals surface area contributed by atoms with Gasteiger partial charge in [-0.3, -0.25) is 13.9 Å². The van der Waals surface area contributed by atoms with Crippen molar-refractivity contribution in [2.45, 2.75) is 57.5 Å². The fourth-order valence-electron chi connectivity index (χ4n) is 4.62. The summed E-state index contributed by atoms with van der Waals surface area (Å²) in [7, 11) is -1.35. The molecule has 0 bridgehead atoms. The third-order valence-corrected chi connectivity index (χ3v) is 8.61. The molecule has 0 saturated heterocycles. The number of benzene rings is 3. The van der Waals surface area contributed by atoms with Crippen LogP contribution in [0.3, 0.4) is 0 Å². The quantitative estimate of drug-likeness (QED) is 0.293. The van der Waals surface area contributed by atoms with E-state index in [1.807, 2.05) is 58.0 Å². The van der Waals surface area contributed by atoms with Crippen molar-refractivity contribution >= 4 is 27.5 Å². The summed E-state index contributed by atoms with van der Waals surface area (Å²) in [5, 5.41) is 2.91. The number of nitrogens with one attached hydrogen (secondary N) is 1. The van der Waals surface area contributed by atoms with Gasteiger partial charge in [0, 0.05) is 18.7 Å². The van der Waals surface area contributed by atoms with Crippen LogP contribution in [0.1, 0.15) is 38.3 Å². The summed E-state index contributed by atoms with van der Waals surface area (Å²) in [4.78, 5) is 28.8. The molecule has 0 aliphatic rings. The van der Waals surface area contributed by atoms with Crippen LogP contribution in [0.5, 0.6) is 11.5 Å². The van der Waals surface area contributed by atoms with Gasteiger partial charge in [-0.2, -0.15) is 0 Å². The van der Waals surface area contributed by atoms with Crippen molar-refractivity contribution in [1.29, 1.82) is 0 Å². The Morgan fingerprint density at radius 2 is 1.55 bits per heavy atom. The number of hydrogen-bond acceptors (Lipinski definition) is 6. The smallest absolute Gasteiger partial charge is 0.264 e. The van der Waals surface area contributed by atoms with Crippen LogP contribution in [0.2, 0.25) is 0 Å². The highest BCUT2D eigenvalue weighted by atomic mass is 32.2. The van der Waals surface area contributed by atoms with Crippen LogP contribution in [0, 0.1) is 6.92 Å². The van der Waals surface area contributed by atoms with Gasteiger partial charge >= 0.3 is 0 Å². The number of carbonyl (C=O) groups excluding carboxylic acids is 2. The Hall–Kier alpha value is -4.05. The third-order valence-electron chi connectivity index (χ3n) is 6.84. The SMILES string of the molecule is CCC(C(=O)NC(C)C)N(CCc1ccccc1)C(=O)CN(c1ccc(C)cc1)S(=O)(=O)c1ccc(OC)c(OC)c1. The highest BCUT2D eigenvalue weighted by Crippen LogP contribution is 2.32. The first-order valence-electron chi connectivity index (χ1n) is 14.0. The van der Waals surface area contributed by atoms with Crippen molar-refractivity contribution in [1.82, 2.24) is 10.2 Å². The Morgan fingerprint density at radius 3 is 2.12 bits per heavy atom. The van der Waals surface area contributed by atoms with Gasteiger partial charge in [0.05, 0.1) is 24.8 Å². The van der Waals surface area contributed by atoms with Gasteiger partial charge in [0.15, 0.2) is 11.5 Å². The van der Waals surface area contributed by atoms with E-state index in [9.17, 15) is 18.0 Å². The standard InChI is InChI=1S/C32H41N3O6S/c1-7-28(32(37)33-23(2)3)34(20-19-25-11-9-8-10-12-25)31(36)22-35(26-15-13-24(4)14-16-26)42(38,39)27-17-18-29(40-5)30(21-27)41-6/h8-18,21,23,28H,7,19-20,22H2,1-6H3,(H,33,37). The van der Waals surface area contributed by atoms with E-state index in [1.54, 1.807) is 24.3 Å². The number of methoxy groups -OCH3 is 2. The summed E-state index contributed by atoms with van der Waals surface area (Å²) >= 11 is 0. The zero-order chi connectivity index (χ0) is 30.9. The van der Waals surface area contributed by atoms with Crippen LogP contribution in [0.15, 0.2) is 77.7 Å². The molecule has 10 heteroatoms. The number of rotatable bonds is 14. The number of anilines is 1. The van der Waals surface area contributed by atoms with Gasteiger partial charge in [0.2, 0.25) is 11.8 Å². The van der Waals surface area contributed by atoms with Crippen molar-refractivity contribution in [2.75, 3.05) is 31.6 Å². The van der Waals surface area contributed by atoms with Crippen molar-refractivity contribution in [3.63, 3.8) is 0 Å². The van der Waals surface area contributed by atoms with Crippen molar-refractivity contribution < 1.29 is 27.5 Å². The van der Waals surface area contributed by atoms with Gasteiger partial charge in [-0.15, -0.1) is 0 Å². The van der Waals surface area contributed by atoms with E-state index < -0.39 is 28.5 Å². The fourth-order valence-corrected chi connectivity index (χ4v) is 6.05. The van der Waals surface area contributed by atoms with Gasteiger partial charge in [0.1, 0.15) is 12.6 Å². The molecule has 226 valence electrons. The van der Waals surface area contributed by atoms with E-state index in [0.717, 1.165) is 15.4 Å². The predicted molar refractivity (Wildman–Crippen MR) is 164 cm³/mol. The van der Waals surface area contributed by atoms with Crippen molar-refractivity contribution in [2.24, 2.45) is 0 Å². The molecule has 0 heterocycles. The Balaban J connectivity index is 2.05. The molecule has 9 nitrogen and oxygen atoms in total. The van der Waals surface area contributed by atoms with Gasteiger partial charge in [-0.25, -0.2) is 8.42 Å². The molecular weight excluding hydrogens is 554 g/mol. The Kier molecular flexibility index (Phi) is 11.4. The summed E-state index contributed by atoms with van der Waals surface area (Å²) in [6.45, 7) is 7.19. The molecule has 0 aliphatic carbocycles. The number of ether oxygens (including phenoxy) is 2. The van der Waals surface area contributed by atoms with Gasteiger partial charge in [-0.1, -0.05) is 55.0 Å². The molecule has 1 N–H and O–H groups in total. The number of hydrogen-bond donors (Lipinski definition) is 1. The van der Waals surface area contributed by atoms with Crippen molar-refractivity contribution in [3.05, 3.63) is 83.9 Å². The monoisotopic (exact) mass is 595 g/mol. The Bertz CT molecular complexity index is 1440. The number of aryl methyl sites for hydroxylation is 1. The first-order valence-corrected chi connectivity index (χ1v) is 15.4. The lowest BCUT2D eigenvalue weighted by Crippen LogP contribution is -2.54. The molecular formula is C32H41N3O6S. The first-order chi connectivity index (χ1) is 20.0. The maximum Gasteiger partial charge on any atom is 0.264 e. The Labute approximate surface area is 249 Å².